The summed E-state index contributed by atoms with van der Waals surface area (Å²) in [5.41, 5.74) is 2.95. The summed E-state index contributed by atoms with van der Waals surface area (Å²) in [5, 5.41) is 5.26. The normalized spacial score (nSPS) is 13.1. The monoisotopic (exact) mass is 405 g/mol. The van der Waals surface area contributed by atoms with E-state index in [1.54, 1.807) is 33.8 Å². The molecule has 1 amide bonds. The van der Waals surface area contributed by atoms with Crippen LogP contribution in [0.3, 0.4) is 0 Å². The number of hydrogen-bond donors (Lipinski definition) is 0. The summed E-state index contributed by atoms with van der Waals surface area (Å²) in [6.45, 7) is 0.555. The van der Waals surface area contributed by atoms with Crippen molar-refractivity contribution in [1.82, 2.24) is 19.3 Å². The first-order chi connectivity index (χ1) is 14.1. The highest BCUT2D eigenvalue weighted by atomic mass is 35.5. The van der Waals surface area contributed by atoms with E-state index >= 15 is 0 Å². The maximum absolute atomic E-state index is 12.9. The Kier molecular flexibility index (Phi) is 4.17. The summed E-state index contributed by atoms with van der Waals surface area (Å²) in [6, 6.07) is 14.9. The second-order valence-corrected chi connectivity index (χ2v) is 7.31. The third-order valence-corrected chi connectivity index (χ3v) is 5.37. The highest BCUT2D eigenvalue weighted by molar-refractivity contribution is 6.30. The Labute approximate surface area is 170 Å². The van der Waals surface area contributed by atoms with Gasteiger partial charge in [0, 0.05) is 17.3 Å². The fraction of sp³-hybridized carbons (Fsp3) is 0.143. The number of carbonyl (C=O) groups excluding carboxylic acids is 1. The number of benzene rings is 2. The lowest BCUT2D eigenvalue weighted by Crippen LogP contribution is -2.35. The quantitative estimate of drug-likeness (QED) is 0.525. The van der Waals surface area contributed by atoms with Crippen LogP contribution in [0.1, 0.15) is 5.56 Å². The van der Waals surface area contributed by atoms with Gasteiger partial charge in [-0.2, -0.15) is 5.10 Å². The van der Waals surface area contributed by atoms with Crippen molar-refractivity contribution in [2.45, 2.75) is 13.0 Å². The lowest BCUT2D eigenvalue weighted by molar-refractivity contribution is -0.119. The van der Waals surface area contributed by atoms with Gasteiger partial charge in [0.15, 0.2) is 5.65 Å². The molecule has 0 atom stereocenters. The summed E-state index contributed by atoms with van der Waals surface area (Å²) in [6.07, 6.45) is 3.70. The van der Waals surface area contributed by atoms with E-state index < -0.39 is 0 Å². The molecule has 1 aliphatic rings. The lowest BCUT2D eigenvalue weighted by Gasteiger charge is -2.17. The number of fused-ring (bicyclic) bond motifs is 2. The third kappa shape index (κ3) is 3.00. The van der Waals surface area contributed by atoms with Crippen molar-refractivity contribution in [3.63, 3.8) is 0 Å². The van der Waals surface area contributed by atoms with Crippen molar-refractivity contribution < 1.29 is 4.79 Å². The molecule has 0 saturated carbocycles. The van der Waals surface area contributed by atoms with Gasteiger partial charge in [-0.3, -0.25) is 14.2 Å². The van der Waals surface area contributed by atoms with Crippen LogP contribution < -0.4 is 10.5 Å². The predicted molar refractivity (Wildman–Crippen MR) is 111 cm³/mol. The Morgan fingerprint density at radius 1 is 1.10 bits per heavy atom. The van der Waals surface area contributed by atoms with Gasteiger partial charge in [0.2, 0.25) is 5.91 Å². The summed E-state index contributed by atoms with van der Waals surface area (Å²) >= 11 is 5.94. The number of rotatable bonds is 3. The first-order valence-corrected chi connectivity index (χ1v) is 9.57. The van der Waals surface area contributed by atoms with Crippen LogP contribution in [-0.2, 0) is 17.8 Å². The van der Waals surface area contributed by atoms with Gasteiger partial charge >= 0.3 is 0 Å². The second-order valence-electron chi connectivity index (χ2n) is 6.87. The average molecular weight is 406 g/mol. The Morgan fingerprint density at radius 2 is 1.90 bits per heavy atom. The fourth-order valence-electron chi connectivity index (χ4n) is 3.66. The average Bonchev–Trinajstić information content (AvgIpc) is 3.35. The number of anilines is 1. The van der Waals surface area contributed by atoms with E-state index in [-0.39, 0.29) is 18.0 Å². The number of amides is 1. The van der Waals surface area contributed by atoms with Gasteiger partial charge in [-0.1, -0.05) is 29.8 Å². The van der Waals surface area contributed by atoms with Crippen LogP contribution in [0.2, 0.25) is 5.02 Å². The van der Waals surface area contributed by atoms with E-state index in [0.717, 1.165) is 23.4 Å². The molecule has 0 bridgehead atoms. The zero-order valence-corrected chi connectivity index (χ0v) is 16.1. The molecule has 0 N–H and O–H groups in total. The minimum Gasteiger partial charge on any atom is -0.310 e. The van der Waals surface area contributed by atoms with Crippen molar-refractivity contribution in [1.29, 1.82) is 0 Å². The Balaban J connectivity index is 1.46. The van der Waals surface area contributed by atoms with Crippen molar-refractivity contribution in [3.05, 3.63) is 82.0 Å². The third-order valence-electron chi connectivity index (χ3n) is 5.12. The van der Waals surface area contributed by atoms with Gasteiger partial charge in [0.25, 0.3) is 5.56 Å². The zero-order valence-electron chi connectivity index (χ0n) is 15.3. The highest BCUT2D eigenvalue weighted by Crippen LogP contribution is 2.27. The lowest BCUT2D eigenvalue weighted by atomic mass is 10.2. The largest absolute Gasteiger partial charge is 0.310 e. The Hall–Kier alpha value is -3.45. The van der Waals surface area contributed by atoms with Crippen LogP contribution in [0.25, 0.3) is 16.7 Å². The van der Waals surface area contributed by atoms with Crippen molar-refractivity contribution in [2.75, 3.05) is 11.4 Å². The van der Waals surface area contributed by atoms with E-state index in [0.29, 0.717) is 22.6 Å². The van der Waals surface area contributed by atoms with E-state index in [4.69, 9.17) is 11.6 Å². The van der Waals surface area contributed by atoms with Crippen LogP contribution in [0.15, 0.2) is 65.8 Å². The molecule has 2 aromatic heterocycles. The molecule has 7 nitrogen and oxygen atoms in total. The molecule has 2 aromatic carbocycles. The summed E-state index contributed by atoms with van der Waals surface area (Å²) in [4.78, 5) is 31.8. The summed E-state index contributed by atoms with van der Waals surface area (Å²) < 4.78 is 2.91. The molecule has 0 radical (unpaired) electrons. The minimum atomic E-state index is -0.295. The fourth-order valence-corrected chi connectivity index (χ4v) is 3.79. The van der Waals surface area contributed by atoms with Crippen molar-refractivity contribution in [2.24, 2.45) is 0 Å². The molecule has 3 heterocycles. The molecular formula is C21H16ClN5O2. The van der Waals surface area contributed by atoms with Crippen LogP contribution >= 0.6 is 11.6 Å². The van der Waals surface area contributed by atoms with Crippen LogP contribution in [0, 0.1) is 0 Å². The summed E-state index contributed by atoms with van der Waals surface area (Å²) in [7, 11) is 0. The number of carbonyl (C=O) groups is 1. The molecule has 1 aliphatic heterocycles. The van der Waals surface area contributed by atoms with Gasteiger partial charge in [0.1, 0.15) is 18.3 Å². The van der Waals surface area contributed by atoms with E-state index in [1.807, 2.05) is 24.3 Å². The van der Waals surface area contributed by atoms with Crippen LogP contribution in [-0.4, -0.2) is 31.8 Å². The van der Waals surface area contributed by atoms with Gasteiger partial charge in [-0.25, -0.2) is 9.67 Å². The van der Waals surface area contributed by atoms with Gasteiger partial charge in [0.05, 0.1) is 11.9 Å². The van der Waals surface area contributed by atoms with Crippen LogP contribution in [0.5, 0.6) is 0 Å². The Morgan fingerprint density at radius 3 is 2.72 bits per heavy atom. The number of aromatic nitrogens is 4. The molecule has 0 fully saturated rings. The zero-order chi connectivity index (χ0) is 20.0. The standard InChI is InChI=1S/C21H16ClN5O2/c22-15-5-7-16(8-6-15)27-20-17(11-24-27)21(29)25(13-23-20)12-19(28)26-10-9-14-3-1-2-4-18(14)26/h1-8,11,13H,9-10,12H2. The molecule has 0 unspecified atom stereocenters. The van der Waals surface area contributed by atoms with E-state index in [9.17, 15) is 9.59 Å². The number of hydrogen-bond acceptors (Lipinski definition) is 4. The van der Waals surface area contributed by atoms with Crippen LogP contribution in [0.4, 0.5) is 5.69 Å². The van der Waals surface area contributed by atoms with E-state index in [2.05, 4.69) is 10.1 Å². The molecule has 8 heteroatoms. The molecular weight excluding hydrogens is 390 g/mol. The van der Waals surface area contributed by atoms with Gasteiger partial charge in [-0.15, -0.1) is 0 Å². The maximum Gasteiger partial charge on any atom is 0.264 e. The molecule has 4 aromatic rings. The molecule has 0 saturated heterocycles. The first kappa shape index (κ1) is 17.6. The molecule has 0 aliphatic carbocycles. The molecule has 29 heavy (non-hydrogen) atoms. The number of halogens is 1. The SMILES string of the molecule is O=C(Cn1cnc2c(cnn2-c2ccc(Cl)cc2)c1=O)N1CCc2ccccc21. The highest BCUT2D eigenvalue weighted by Gasteiger charge is 2.24. The molecule has 5 rings (SSSR count). The number of nitrogens with zero attached hydrogens (tertiary/aromatic N) is 5. The molecule has 0 spiro atoms. The number of para-hydroxylation sites is 1. The minimum absolute atomic E-state index is 0.0672. The summed E-state index contributed by atoms with van der Waals surface area (Å²) in [5.74, 6) is -0.136. The second kappa shape index (κ2) is 6.86. The van der Waals surface area contributed by atoms with Crippen molar-refractivity contribution in [3.8, 4) is 5.69 Å². The maximum atomic E-state index is 12.9. The Bertz CT molecular complexity index is 1290. The topological polar surface area (TPSA) is 73.0 Å². The van der Waals surface area contributed by atoms with E-state index in [1.165, 1.54) is 17.1 Å². The van der Waals surface area contributed by atoms with Crippen molar-refractivity contribution >= 4 is 34.2 Å². The first-order valence-electron chi connectivity index (χ1n) is 9.19. The van der Waals surface area contributed by atoms with Gasteiger partial charge < -0.3 is 4.90 Å². The molecule has 144 valence electrons. The smallest absolute Gasteiger partial charge is 0.264 e. The predicted octanol–water partition coefficient (Wildman–Crippen LogP) is 2.82. The van der Waals surface area contributed by atoms with Gasteiger partial charge in [-0.05, 0) is 42.3 Å².